The number of amides is 2. The van der Waals surface area contributed by atoms with Gasteiger partial charge in [-0.3, -0.25) is 9.59 Å². The molecule has 2 rings (SSSR count). The van der Waals surface area contributed by atoms with Gasteiger partial charge < -0.3 is 15.4 Å². The summed E-state index contributed by atoms with van der Waals surface area (Å²) in [5.74, 6) is -1.06. The zero-order valence-electron chi connectivity index (χ0n) is 15.7. The average molecular weight is 411 g/mol. The minimum absolute atomic E-state index is 0.0218. The van der Waals surface area contributed by atoms with Crippen LogP contribution >= 0.6 is 11.6 Å². The quantitative estimate of drug-likeness (QED) is 0.730. The zero-order valence-corrected chi connectivity index (χ0v) is 16.4. The molecule has 0 saturated heterocycles. The molecule has 0 heterocycles. The third-order valence-corrected chi connectivity index (χ3v) is 4.15. The SMILES string of the molecule is CC(C)(C)c1ccc(C(=O)NCC(=O)Nc2ccc(OC(F)F)c(Cl)c2)cc1. The van der Waals surface area contributed by atoms with Crippen LogP contribution in [0.15, 0.2) is 42.5 Å². The summed E-state index contributed by atoms with van der Waals surface area (Å²) in [5.41, 5.74) is 1.81. The van der Waals surface area contributed by atoms with Crippen LogP contribution in [-0.4, -0.2) is 25.0 Å². The van der Waals surface area contributed by atoms with E-state index in [9.17, 15) is 18.4 Å². The van der Waals surface area contributed by atoms with Crippen molar-refractivity contribution in [3.05, 3.63) is 58.6 Å². The Labute approximate surface area is 167 Å². The third kappa shape index (κ3) is 6.20. The van der Waals surface area contributed by atoms with Crippen molar-refractivity contribution in [3.63, 3.8) is 0 Å². The number of hydrogen-bond donors (Lipinski definition) is 2. The van der Waals surface area contributed by atoms with Gasteiger partial charge in [0, 0.05) is 11.3 Å². The lowest BCUT2D eigenvalue weighted by Gasteiger charge is -2.19. The first-order valence-electron chi connectivity index (χ1n) is 8.49. The molecule has 0 bridgehead atoms. The van der Waals surface area contributed by atoms with Gasteiger partial charge in [-0.25, -0.2) is 0 Å². The van der Waals surface area contributed by atoms with Gasteiger partial charge >= 0.3 is 6.61 Å². The summed E-state index contributed by atoms with van der Waals surface area (Å²) in [6.45, 7) is 2.97. The molecule has 0 unspecified atom stereocenters. The summed E-state index contributed by atoms with van der Waals surface area (Å²) in [5, 5.41) is 4.97. The first-order valence-corrected chi connectivity index (χ1v) is 8.87. The molecule has 0 atom stereocenters. The lowest BCUT2D eigenvalue weighted by molar-refractivity contribution is -0.115. The van der Waals surface area contributed by atoms with Gasteiger partial charge in [0.05, 0.1) is 11.6 Å². The summed E-state index contributed by atoms with van der Waals surface area (Å²) in [4.78, 5) is 24.2. The fourth-order valence-corrected chi connectivity index (χ4v) is 2.58. The maximum atomic E-state index is 12.2. The van der Waals surface area contributed by atoms with Gasteiger partial charge in [0.1, 0.15) is 5.75 Å². The first kappa shape index (κ1) is 21.6. The van der Waals surface area contributed by atoms with Crippen molar-refractivity contribution in [1.82, 2.24) is 5.32 Å². The summed E-state index contributed by atoms with van der Waals surface area (Å²) >= 11 is 5.83. The standard InChI is InChI=1S/C20H21ClF2N2O3/c1-20(2,3)13-6-4-12(5-7-13)18(27)24-11-17(26)25-14-8-9-16(15(21)10-14)28-19(22)23/h4-10,19H,11H2,1-3H3,(H,24,27)(H,25,26). The molecule has 0 spiro atoms. The number of anilines is 1. The van der Waals surface area contributed by atoms with Crippen LogP contribution in [0.5, 0.6) is 5.75 Å². The molecule has 0 aromatic heterocycles. The van der Waals surface area contributed by atoms with E-state index in [2.05, 4.69) is 36.1 Å². The first-order chi connectivity index (χ1) is 13.1. The summed E-state index contributed by atoms with van der Waals surface area (Å²) in [7, 11) is 0. The van der Waals surface area contributed by atoms with Gasteiger partial charge in [-0.1, -0.05) is 44.5 Å². The number of ether oxygens (including phenoxy) is 1. The summed E-state index contributed by atoms with van der Waals surface area (Å²) in [6.07, 6.45) is 0. The summed E-state index contributed by atoms with van der Waals surface area (Å²) in [6, 6.07) is 11.0. The highest BCUT2D eigenvalue weighted by Crippen LogP contribution is 2.28. The second kappa shape index (κ2) is 9.01. The maximum Gasteiger partial charge on any atom is 0.387 e. The van der Waals surface area contributed by atoms with Gasteiger partial charge in [0.2, 0.25) is 5.91 Å². The van der Waals surface area contributed by atoms with Crippen molar-refractivity contribution in [2.75, 3.05) is 11.9 Å². The van der Waals surface area contributed by atoms with Crippen molar-refractivity contribution in [3.8, 4) is 5.75 Å². The van der Waals surface area contributed by atoms with E-state index in [1.165, 1.54) is 18.2 Å². The van der Waals surface area contributed by atoms with E-state index < -0.39 is 12.5 Å². The second-order valence-corrected chi connectivity index (χ2v) is 7.49. The predicted molar refractivity (Wildman–Crippen MR) is 104 cm³/mol. The molecule has 28 heavy (non-hydrogen) atoms. The molecule has 2 aromatic rings. The maximum absolute atomic E-state index is 12.2. The Kier molecular flexibility index (Phi) is 6.96. The van der Waals surface area contributed by atoms with Gasteiger partial charge in [-0.05, 0) is 41.3 Å². The third-order valence-electron chi connectivity index (χ3n) is 3.85. The molecule has 0 aliphatic rings. The van der Waals surface area contributed by atoms with Gasteiger partial charge in [0.15, 0.2) is 0 Å². The molecular formula is C20H21ClF2N2O3. The number of halogens is 3. The van der Waals surface area contributed by atoms with Gasteiger partial charge in [-0.2, -0.15) is 8.78 Å². The highest BCUT2D eigenvalue weighted by molar-refractivity contribution is 6.32. The molecular weight excluding hydrogens is 390 g/mol. The Morgan fingerprint density at radius 3 is 2.29 bits per heavy atom. The van der Waals surface area contributed by atoms with Crippen molar-refractivity contribution in [1.29, 1.82) is 0 Å². The number of carbonyl (C=O) groups excluding carboxylic acids is 2. The van der Waals surface area contributed by atoms with E-state index in [1.807, 2.05) is 12.1 Å². The highest BCUT2D eigenvalue weighted by Gasteiger charge is 2.15. The van der Waals surface area contributed by atoms with Crippen LogP contribution in [0.2, 0.25) is 5.02 Å². The molecule has 0 aliphatic heterocycles. The highest BCUT2D eigenvalue weighted by atomic mass is 35.5. The van der Waals surface area contributed by atoms with Crippen molar-refractivity contribution >= 4 is 29.1 Å². The Balaban J connectivity index is 1.90. The number of nitrogens with one attached hydrogen (secondary N) is 2. The molecule has 0 radical (unpaired) electrons. The van der Waals surface area contributed by atoms with E-state index in [0.29, 0.717) is 11.3 Å². The Morgan fingerprint density at radius 2 is 1.75 bits per heavy atom. The van der Waals surface area contributed by atoms with E-state index in [4.69, 9.17) is 11.6 Å². The summed E-state index contributed by atoms with van der Waals surface area (Å²) < 4.78 is 28.7. The lowest BCUT2D eigenvalue weighted by atomic mass is 9.87. The lowest BCUT2D eigenvalue weighted by Crippen LogP contribution is -2.32. The molecule has 2 amide bonds. The molecule has 0 aliphatic carbocycles. The van der Waals surface area contributed by atoms with E-state index in [1.54, 1.807) is 12.1 Å². The topological polar surface area (TPSA) is 67.4 Å². The van der Waals surface area contributed by atoms with E-state index >= 15 is 0 Å². The minimum Gasteiger partial charge on any atom is -0.433 e. The fraction of sp³-hybridized carbons (Fsp3) is 0.300. The van der Waals surface area contributed by atoms with Crippen LogP contribution in [-0.2, 0) is 10.2 Å². The molecule has 5 nitrogen and oxygen atoms in total. The zero-order chi connectivity index (χ0) is 20.9. The fourth-order valence-electron chi connectivity index (χ4n) is 2.36. The van der Waals surface area contributed by atoms with Crippen molar-refractivity contribution < 1.29 is 23.1 Å². The molecule has 2 aromatic carbocycles. The Bertz CT molecular complexity index is 850. The predicted octanol–water partition coefficient (Wildman–Crippen LogP) is 4.61. The van der Waals surface area contributed by atoms with Crippen LogP contribution in [0.25, 0.3) is 0 Å². The van der Waals surface area contributed by atoms with Crippen LogP contribution < -0.4 is 15.4 Å². The van der Waals surface area contributed by atoms with Gasteiger partial charge in [0.25, 0.3) is 5.91 Å². The monoisotopic (exact) mass is 410 g/mol. The molecule has 150 valence electrons. The second-order valence-electron chi connectivity index (χ2n) is 7.08. The number of rotatable bonds is 6. The van der Waals surface area contributed by atoms with Crippen LogP contribution in [0, 0.1) is 0 Å². The average Bonchev–Trinajstić information content (AvgIpc) is 2.61. The molecule has 2 N–H and O–H groups in total. The number of benzene rings is 2. The smallest absolute Gasteiger partial charge is 0.387 e. The molecule has 0 saturated carbocycles. The largest absolute Gasteiger partial charge is 0.433 e. The number of carbonyl (C=O) groups is 2. The van der Waals surface area contributed by atoms with Crippen molar-refractivity contribution in [2.45, 2.75) is 32.8 Å². The van der Waals surface area contributed by atoms with Crippen LogP contribution in [0.1, 0.15) is 36.7 Å². The Morgan fingerprint density at radius 1 is 1.11 bits per heavy atom. The van der Waals surface area contributed by atoms with E-state index in [-0.39, 0.29) is 28.6 Å². The molecule has 8 heteroatoms. The van der Waals surface area contributed by atoms with Gasteiger partial charge in [-0.15, -0.1) is 0 Å². The number of alkyl halides is 2. The minimum atomic E-state index is -2.99. The Hall–Kier alpha value is -2.67. The normalized spacial score (nSPS) is 11.2. The van der Waals surface area contributed by atoms with Crippen LogP contribution in [0.4, 0.5) is 14.5 Å². The molecule has 0 fully saturated rings. The van der Waals surface area contributed by atoms with Crippen LogP contribution in [0.3, 0.4) is 0 Å². The van der Waals surface area contributed by atoms with Crippen molar-refractivity contribution in [2.24, 2.45) is 0 Å². The van der Waals surface area contributed by atoms with E-state index in [0.717, 1.165) is 5.56 Å². The number of hydrogen-bond acceptors (Lipinski definition) is 3.